The zero-order chi connectivity index (χ0) is 62.4. The van der Waals surface area contributed by atoms with Crippen molar-refractivity contribution in [3.05, 3.63) is 217 Å². The molecule has 0 spiro atoms. The number of carboxylic acids is 3. The maximum Gasteiger partial charge on any atom is 0.387 e. The molecule has 3 heterocycles. The number of anilines is 6. The molecule has 1 aliphatic rings. The third-order valence-corrected chi connectivity index (χ3v) is 13.2. The number of aromatic carboxylic acids is 3. The van der Waals surface area contributed by atoms with Gasteiger partial charge >= 0.3 is 24.5 Å². The molecule has 1 saturated carbocycles. The van der Waals surface area contributed by atoms with Crippen molar-refractivity contribution in [3.63, 3.8) is 0 Å². The van der Waals surface area contributed by atoms with Crippen LogP contribution in [0.15, 0.2) is 184 Å². The van der Waals surface area contributed by atoms with E-state index in [9.17, 15) is 38.5 Å². The molecule has 1 fully saturated rings. The van der Waals surface area contributed by atoms with Crippen LogP contribution in [-0.4, -0.2) is 104 Å². The third kappa shape index (κ3) is 17.8. The molecule has 454 valence electrons. The Morgan fingerprint density at radius 3 is 1.08 bits per heavy atom. The van der Waals surface area contributed by atoms with Gasteiger partial charge in [0.15, 0.2) is 34.5 Å². The van der Waals surface area contributed by atoms with Gasteiger partial charge in [-0.05, 0) is 124 Å². The minimum Gasteiger partial charge on any atom is -0.493 e. The van der Waals surface area contributed by atoms with E-state index in [-0.39, 0.29) is 34.8 Å². The van der Waals surface area contributed by atoms with Crippen LogP contribution in [0.25, 0.3) is 0 Å². The van der Waals surface area contributed by atoms with Crippen molar-refractivity contribution < 1.29 is 66.9 Å². The normalized spacial score (nSPS) is 11.4. The van der Waals surface area contributed by atoms with Gasteiger partial charge in [-0.25, -0.2) is 44.3 Å². The van der Waals surface area contributed by atoms with Crippen LogP contribution in [0, 0.1) is 5.92 Å². The summed E-state index contributed by atoms with van der Waals surface area (Å²) >= 11 is 0. The molecule has 10 rings (SSSR count). The minimum absolute atomic E-state index is 0.0853. The minimum atomic E-state index is -2.99. The van der Waals surface area contributed by atoms with Crippen LogP contribution in [-0.2, 0) is 19.6 Å². The summed E-state index contributed by atoms with van der Waals surface area (Å²) < 4.78 is 58.0. The van der Waals surface area contributed by atoms with E-state index in [0.29, 0.717) is 73.1 Å². The third-order valence-electron chi connectivity index (χ3n) is 13.2. The summed E-state index contributed by atoms with van der Waals surface area (Å²) in [5.74, 6) is 0.263. The standard InChI is InChI=1S/C23H23N3O4.C21H19F2N3O4.C21H21N3O4/c1-29-21-8-7-20(10-22(21)30-14-16-5-6-16)26(13-17-11-24-15-25-12-17)19-4-2-3-18(9-19)23(27)28;1-2-29-19-9-17(6-7-18(19)30-21(22)23)26(12-14-10-24-13-25-11-14)16-5-3-4-15(8-16)20(27)28;1-3-28-20-10-18(7-8-19(20)27-2)24(13-15-11-22-14-23-12-15)17-6-4-5-16(9-17)21(25)26/h2-4,7-12,15-16H,5-6,13-14H2,1H3,(H,27,28);3-11,13,21H,2,12H2,1H3,(H,27,28);4-12,14H,3,13H2,1-2H3,(H,25,26). The van der Waals surface area contributed by atoms with E-state index in [1.165, 1.54) is 50.0 Å². The Balaban J connectivity index is 0.000000171. The Hall–Kier alpha value is -11.0. The van der Waals surface area contributed by atoms with Gasteiger partial charge in [0.25, 0.3) is 0 Å². The van der Waals surface area contributed by atoms with Gasteiger partial charge in [0.1, 0.15) is 19.0 Å². The maximum absolute atomic E-state index is 12.7. The van der Waals surface area contributed by atoms with Crippen LogP contribution in [0.3, 0.4) is 0 Å². The molecule has 9 aromatic rings. The highest BCUT2D eigenvalue weighted by molar-refractivity contribution is 5.91. The molecule has 0 radical (unpaired) electrons. The first-order valence-corrected chi connectivity index (χ1v) is 27.6. The topological polar surface area (TPSA) is 254 Å². The second-order valence-electron chi connectivity index (χ2n) is 19.4. The van der Waals surface area contributed by atoms with E-state index in [4.69, 9.17) is 23.7 Å². The first-order chi connectivity index (χ1) is 42.7. The molecule has 0 aliphatic heterocycles. The number of carbonyl (C=O) groups is 3. The van der Waals surface area contributed by atoms with Gasteiger partial charge in [-0.2, -0.15) is 8.78 Å². The van der Waals surface area contributed by atoms with Crippen LogP contribution < -0.4 is 43.1 Å². The molecule has 21 nitrogen and oxygen atoms in total. The summed E-state index contributed by atoms with van der Waals surface area (Å²) in [5, 5.41) is 28.1. The number of rotatable bonds is 26. The molecule has 0 amide bonds. The average molecular weight is 1200 g/mol. The van der Waals surface area contributed by atoms with E-state index >= 15 is 0 Å². The Morgan fingerprint density at radius 2 is 0.773 bits per heavy atom. The first-order valence-electron chi connectivity index (χ1n) is 27.6. The number of aromatic nitrogens is 6. The van der Waals surface area contributed by atoms with Crippen LogP contribution in [0.2, 0.25) is 0 Å². The highest BCUT2D eigenvalue weighted by Gasteiger charge is 2.24. The number of carboxylic acid groups (broad SMARTS) is 3. The lowest BCUT2D eigenvalue weighted by atomic mass is 10.1. The van der Waals surface area contributed by atoms with E-state index < -0.39 is 24.5 Å². The molecular weight excluding hydrogens is 1140 g/mol. The number of nitrogens with zero attached hydrogens (tertiary/aromatic N) is 9. The smallest absolute Gasteiger partial charge is 0.387 e. The van der Waals surface area contributed by atoms with Gasteiger partial charge in [0.2, 0.25) is 0 Å². The van der Waals surface area contributed by atoms with E-state index in [1.807, 2.05) is 65.3 Å². The predicted octanol–water partition coefficient (Wildman–Crippen LogP) is 12.7. The second-order valence-corrected chi connectivity index (χ2v) is 19.4. The summed E-state index contributed by atoms with van der Waals surface area (Å²) in [5.41, 5.74) is 7.44. The van der Waals surface area contributed by atoms with Crippen molar-refractivity contribution in [2.24, 2.45) is 5.92 Å². The lowest BCUT2D eigenvalue weighted by molar-refractivity contribution is -0.0514. The number of halogens is 2. The van der Waals surface area contributed by atoms with Gasteiger partial charge in [0.05, 0.1) is 70.4 Å². The Morgan fingerprint density at radius 1 is 0.455 bits per heavy atom. The molecule has 23 heteroatoms. The fourth-order valence-corrected chi connectivity index (χ4v) is 8.86. The first kappa shape index (κ1) is 63.1. The lowest BCUT2D eigenvalue weighted by Gasteiger charge is -2.26. The Labute approximate surface area is 506 Å². The van der Waals surface area contributed by atoms with Crippen LogP contribution >= 0.6 is 0 Å². The van der Waals surface area contributed by atoms with Gasteiger partial charge in [-0.15, -0.1) is 0 Å². The molecule has 3 aromatic heterocycles. The van der Waals surface area contributed by atoms with Crippen LogP contribution in [0.5, 0.6) is 34.5 Å². The number of ether oxygens (including phenoxy) is 6. The van der Waals surface area contributed by atoms with Crippen molar-refractivity contribution in [3.8, 4) is 34.5 Å². The van der Waals surface area contributed by atoms with E-state index in [1.54, 1.807) is 124 Å². The molecule has 88 heavy (non-hydrogen) atoms. The van der Waals surface area contributed by atoms with Gasteiger partial charge in [0, 0.05) is 106 Å². The maximum atomic E-state index is 12.7. The van der Waals surface area contributed by atoms with Crippen LogP contribution in [0.4, 0.5) is 42.9 Å². The molecule has 0 saturated heterocycles. The number of alkyl halides is 2. The number of methoxy groups -OCH3 is 2. The Kier molecular flexibility index (Phi) is 22.4. The van der Waals surface area contributed by atoms with E-state index in [2.05, 4.69) is 34.6 Å². The predicted molar refractivity (Wildman–Crippen MR) is 323 cm³/mol. The van der Waals surface area contributed by atoms with Crippen molar-refractivity contribution in [1.82, 2.24) is 29.9 Å². The zero-order valence-electron chi connectivity index (χ0n) is 48.4. The second kappa shape index (κ2) is 31.3. The number of hydrogen-bond donors (Lipinski definition) is 3. The molecule has 3 N–H and O–H groups in total. The highest BCUT2D eigenvalue weighted by Crippen LogP contribution is 2.40. The molecule has 6 aromatic carbocycles. The zero-order valence-corrected chi connectivity index (χ0v) is 48.4. The fraction of sp³-hybridized carbons (Fsp3) is 0.215. The molecule has 1 aliphatic carbocycles. The Bertz CT molecular complexity index is 3740. The highest BCUT2D eigenvalue weighted by atomic mass is 19.3. The number of hydrogen-bond acceptors (Lipinski definition) is 18. The number of benzene rings is 6. The summed E-state index contributed by atoms with van der Waals surface area (Å²) in [7, 11) is 3.21. The largest absolute Gasteiger partial charge is 0.493 e. The van der Waals surface area contributed by atoms with Crippen molar-refractivity contribution >= 4 is 52.0 Å². The quantitative estimate of drug-likeness (QED) is 0.0455. The summed E-state index contributed by atoms with van der Waals surface area (Å²) in [4.78, 5) is 64.4. The van der Waals surface area contributed by atoms with Crippen molar-refractivity contribution in [1.29, 1.82) is 0 Å². The van der Waals surface area contributed by atoms with Gasteiger partial charge in [-0.3, -0.25) is 0 Å². The fourth-order valence-electron chi connectivity index (χ4n) is 8.86. The lowest BCUT2D eigenvalue weighted by Crippen LogP contribution is -2.17. The SMILES string of the molecule is CCOc1cc(N(Cc2cncnc2)c2cccc(C(=O)O)c2)ccc1OC.CCOc1cc(N(Cc2cncnc2)c2cccc(C(=O)O)c2)ccc1OC(F)F.COc1ccc(N(Cc2cncnc2)c2cccc(C(=O)O)c2)cc1OCC1CC1. The molecule has 0 atom stereocenters. The molecule has 0 bridgehead atoms. The van der Waals surface area contributed by atoms with Gasteiger partial charge < -0.3 is 58.4 Å². The van der Waals surface area contributed by atoms with E-state index in [0.717, 1.165) is 39.4 Å². The van der Waals surface area contributed by atoms with Crippen LogP contribution in [0.1, 0.15) is 74.5 Å². The van der Waals surface area contributed by atoms with Crippen molar-refractivity contribution in [2.45, 2.75) is 52.9 Å². The van der Waals surface area contributed by atoms with Crippen molar-refractivity contribution in [2.75, 3.05) is 48.7 Å². The summed E-state index contributed by atoms with van der Waals surface area (Å²) in [6, 6.07) is 35.9. The molecule has 0 unspecified atom stereocenters. The van der Waals surface area contributed by atoms with Gasteiger partial charge in [-0.1, -0.05) is 18.2 Å². The summed E-state index contributed by atoms with van der Waals surface area (Å²) in [6.45, 7) is 3.31. The summed E-state index contributed by atoms with van der Waals surface area (Å²) in [6.07, 6.45) is 17.0. The molecular formula is C65H63F2N9O12. The monoisotopic (exact) mass is 1200 g/mol. The average Bonchev–Trinajstić information content (AvgIpc) is 2.76.